The molecular weight excluding hydrogens is 260 g/mol. The number of nitrogens with one attached hydrogen (secondary N) is 1. The van der Waals surface area contributed by atoms with Crippen LogP contribution in [0.3, 0.4) is 0 Å². The summed E-state index contributed by atoms with van der Waals surface area (Å²) in [6.45, 7) is 4.14. The summed E-state index contributed by atoms with van der Waals surface area (Å²) < 4.78 is 0. The first-order valence-corrected chi connectivity index (χ1v) is 6.79. The minimum atomic E-state index is 0. The molecular formula is C15H23ClN2O. The highest BCUT2D eigenvalue weighted by atomic mass is 35.5. The number of carbonyl (C=O) groups excluding carboxylic acids is 1. The molecule has 0 atom stereocenters. The molecule has 4 heteroatoms. The SMILES string of the molecule is CCc1ccc(C(=O)N(C)C2CCNCC2)cc1.Cl. The smallest absolute Gasteiger partial charge is 0.253 e. The quantitative estimate of drug-likeness (QED) is 0.924. The van der Waals surface area contributed by atoms with E-state index in [4.69, 9.17) is 0 Å². The van der Waals surface area contributed by atoms with Crippen molar-refractivity contribution in [2.45, 2.75) is 32.2 Å². The zero-order valence-corrected chi connectivity index (χ0v) is 12.5. The number of hydrogen-bond donors (Lipinski definition) is 1. The number of benzene rings is 1. The minimum Gasteiger partial charge on any atom is -0.339 e. The number of hydrogen-bond acceptors (Lipinski definition) is 2. The third-order valence-corrected chi connectivity index (χ3v) is 3.79. The van der Waals surface area contributed by atoms with Crippen molar-refractivity contribution in [3.63, 3.8) is 0 Å². The standard InChI is InChI=1S/C15H22N2O.ClH/c1-3-12-4-6-13(7-5-12)15(18)17(2)14-8-10-16-11-9-14;/h4-7,14,16H,3,8-11H2,1-2H3;1H. The van der Waals surface area contributed by atoms with Gasteiger partial charge in [-0.25, -0.2) is 0 Å². The maximum Gasteiger partial charge on any atom is 0.253 e. The fraction of sp³-hybridized carbons (Fsp3) is 0.533. The number of nitrogens with zero attached hydrogens (tertiary/aromatic N) is 1. The van der Waals surface area contributed by atoms with Crippen LogP contribution in [-0.2, 0) is 6.42 Å². The maximum absolute atomic E-state index is 12.3. The van der Waals surface area contributed by atoms with Crippen LogP contribution in [0.4, 0.5) is 0 Å². The molecule has 0 saturated carbocycles. The van der Waals surface area contributed by atoms with E-state index in [2.05, 4.69) is 12.2 Å². The maximum atomic E-state index is 12.3. The van der Waals surface area contributed by atoms with E-state index in [0.29, 0.717) is 6.04 Å². The lowest BCUT2D eigenvalue weighted by molar-refractivity contribution is 0.0703. The Bertz CT molecular complexity index is 399. The lowest BCUT2D eigenvalue weighted by atomic mass is 10.0. The van der Waals surface area contributed by atoms with Gasteiger partial charge in [0.2, 0.25) is 0 Å². The third-order valence-electron chi connectivity index (χ3n) is 3.79. The Morgan fingerprint density at radius 3 is 2.37 bits per heavy atom. The molecule has 1 fully saturated rings. The van der Waals surface area contributed by atoms with Crippen molar-refractivity contribution >= 4 is 18.3 Å². The van der Waals surface area contributed by atoms with Gasteiger partial charge in [-0.1, -0.05) is 19.1 Å². The second-order valence-electron chi connectivity index (χ2n) is 4.95. The first kappa shape index (κ1) is 16.0. The molecule has 1 N–H and O–H groups in total. The summed E-state index contributed by atoms with van der Waals surface area (Å²) in [6, 6.07) is 8.36. The average molecular weight is 283 g/mol. The van der Waals surface area contributed by atoms with Crippen molar-refractivity contribution in [3.8, 4) is 0 Å². The average Bonchev–Trinajstić information content (AvgIpc) is 2.47. The zero-order chi connectivity index (χ0) is 13.0. The normalized spacial score (nSPS) is 15.7. The van der Waals surface area contributed by atoms with Crippen LogP contribution in [0.2, 0.25) is 0 Å². The molecule has 2 rings (SSSR count). The highest BCUT2D eigenvalue weighted by Gasteiger charge is 2.22. The topological polar surface area (TPSA) is 32.3 Å². The van der Waals surface area contributed by atoms with Gasteiger partial charge in [-0.3, -0.25) is 4.79 Å². The van der Waals surface area contributed by atoms with Gasteiger partial charge < -0.3 is 10.2 Å². The molecule has 1 saturated heterocycles. The van der Waals surface area contributed by atoms with Gasteiger partial charge in [0.05, 0.1) is 0 Å². The molecule has 0 unspecified atom stereocenters. The Kier molecular flexibility index (Phi) is 6.32. The van der Waals surface area contributed by atoms with Gasteiger partial charge in [0.25, 0.3) is 5.91 Å². The number of halogens is 1. The fourth-order valence-electron chi connectivity index (χ4n) is 2.45. The number of aryl methyl sites for hydroxylation is 1. The molecule has 1 heterocycles. The molecule has 106 valence electrons. The Balaban J connectivity index is 0.00000180. The van der Waals surface area contributed by atoms with E-state index in [1.165, 1.54) is 5.56 Å². The van der Waals surface area contributed by atoms with E-state index in [0.717, 1.165) is 37.9 Å². The zero-order valence-electron chi connectivity index (χ0n) is 11.7. The van der Waals surface area contributed by atoms with Gasteiger partial charge in [0.15, 0.2) is 0 Å². The number of carbonyl (C=O) groups is 1. The Hall–Kier alpha value is -1.06. The predicted molar refractivity (Wildman–Crippen MR) is 81.1 cm³/mol. The van der Waals surface area contributed by atoms with Crippen LogP contribution < -0.4 is 5.32 Å². The van der Waals surface area contributed by atoms with E-state index in [9.17, 15) is 4.79 Å². The number of rotatable bonds is 3. The monoisotopic (exact) mass is 282 g/mol. The Morgan fingerprint density at radius 1 is 1.26 bits per heavy atom. The molecule has 0 radical (unpaired) electrons. The summed E-state index contributed by atoms with van der Waals surface area (Å²) in [6.07, 6.45) is 3.11. The molecule has 1 aromatic carbocycles. The van der Waals surface area contributed by atoms with E-state index in [1.807, 2.05) is 36.2 Å². The van der Waals surface area contributed by atoms with E-state index < -0.39 is 0 Å². The van der Waals surface area contributed by atoms with Gasteiger partial charge >= 0.3 is 0 Å². The second kappa shape index (κ2) is 7.51. The second-order valence-corrected chi connectivity index (χ2v) is 4.95. The Morgan fingerprint density at radius 2 is 1.84 bits per heavy atom. The number of piperidine rings is 1. The summed E-state index contributed by atoms with van der Waals surface area (Å²) in [5, 5.41) is 3.33. The van der Waals surface area contributed by atoms with E-state index in [1.54, 1.807) is 0 Å². The van der Waals surface area contributed by atoms with Crippen LogP contribution in [0.5, 0.6) is 0 Å². The van der Waals surface area contributed by atoms with Crippen LogP contribution in [-0.4, -0.2) is 37.0 Å². The molecule has 3 nitrogen and oxygen atoms in total. The first-order chi connectivity index (χ1) is 8.72. The fourth-order valence-corrected chi connectivity index (χ4v) is 2.45. The molecule has 1 amide bonds. The van der Waals surface area contributed by atoms with Gasteiger partial charge in [0, 0.05) is 18.7 Å². The molecule has 1 aliphatic heterocycles. The van der Waals surface area contributed by atoms with Crippen LogP contribution in [0.15, 0.2) is 24.3 Å². The molecule has 0 spiro atoms. The van der Waals surface area contributed by atoms with Crippen LogP contribution in [0, 0.1) is 0 Å². The van der Waals surface area contributed by atoms with Crippen LogP contribution in [0.1, 0.15) is 35.7 Å². The highest BCUT2D eigenvalue weighted by molar-refractivity contribution is 5.94. The van der Waals surface area contributed by atoms with Crippen molar-refractivity contribution < 1.29 is 4.79 Å². The van der Waals surface area contributed by atoms with E-state index in [-0.39, 0.29) is 18.3 Å². The lowest BCUT2D eigenvalue weighted by Gasteiger charge is -2.31. The number of amides is 1. The van der Waals surface area contributed by atoms with E-state index >= 15 is 0 Å². The first-order valence-electron chi connectivity index (χ1n) is 6.79. The van der Waals surface area contributed by atoms with Gasteiger partial charge in [-0.2, -0.15) is 0 Å². The van der Waals surface area contributed by atoms with Crippen molar-refractivity contribution in [1.29, 1.82) is 0 Å². The molecule has 0 bridgehead atoms. The summed E-state index contributed by atoms with van der Waals surface area (Å²) in [4.78, 5) is 14.3. The van der Waals surface area contributed by atoms with Crippen LogP contribution in [0.25, 0.3) is 0 Å². The highest BCUT2D eigenvalue weighted by Crippen LogP contribution is 2.14. The van der Waals surface area contributed by atoms with Gasteiger partial charge in [-0.15, -0.1) is 12.4 Å². The summed E-state index contributed by atoms with van der Waals surface area (Å²) >= 11 is 0. The Labute approximate surface area is 121 Å². The molecule has 0 aromatic heterocycles. The predicted octanol–water partition coefficient (Wildman–Crippen LogP) is 2.49. The third kappa shape index (κ3) is 3.95. The van der Waals surface area contributed by atoms with Gasteiger partial charge in [-0.05, 0) is 50.0 Å². The summed E-state index contributed by atoms with van der Waals surface area (Å²) in [5.74, 6) is 0.143. The molecule has 1 aromatic rings. The van der Waals surface area contributed by atoms with Gasteiger partial charge in [0.1, 0.15) is 0 Å². The molecule has 1 aliphatic rings. The van der Waals surface area contributed by atoms with Crippen molar-refractivity contribution in [2.75, 3.05) is 20.1 Å². The van der Waals surface area contributed by atoms with Crippen molar-refractivity contribution in [2.24, 2.45) is 0 Å². The van der Waals surface area contributed by atoms with Crippen molar-refractivity contribution in [3.05, 3.63) is 35.4 Å². The minimum absolute atomic E-state index is 0. The van der Waals surface area contributed by atoms with Crippen molar-refractivity contribution in [1.82, 2.24) is 10.2 Å². The molecule has 19 heavy (non-hydrogen) atoms. The molecule has 0 aliphatic carbocycles. The summed E-state index contributed by atoms with van der Waals surface area (Å²) in [5.41, 5.74) is 2.07. The lowest BCUT2D eigenvalue weighted by Crippen LogP contribution is -2.43. The largest absolute Gasteiger partial charge is 0.339 e. The van der Waals surface area contributed by atoms with Crippen LogP contribution >= 0.6 is 12.4 Å². The summed E-state index contributed by atoms with van der Waals surface area (Å²) in [7, 11) is 1.92.